The van der Waals surface area contributed by atoms with Crippen LogP contribution in [0.3, 0.4) is 0 Å². The minimum Gasteiger partial charge on any atom is -0.481 e. The molecule has 1 aromatic carbocycles. The second kappa shape index (κ2) is 4.41. The molecule has 0 saturated carbocycles. The maximum absolute atomic E-state index is 11.1. The zero-order valence-electron chi connectivity index (χ0n) is 11.4. The van der Waals surface area contributed by atoms with Crippen molar-refractivity contribution in [3.05, 3.63) is 35.0 Å². The van der Waals surface area contributed by atoms with Crippen molar-refractivity contribution in [2.75, 3.05) is 0 Å². The summed E-state index contributed by atoms with van der Waals surface area (Å²) in [5.74, 6) is -0.386. The van der Waals surface area contributed by atoms with Gasteiger partial charge in [0.1, 0.15) is 0 Å². The molecule has 1 aromatic heterocycles. The fraction of sp³-hybridized carbons (Fsp3) is 0.438. The number of H-pyrrole nitrogens is 1. The molecule has 1 unspecified atom stereocenters. The molecule has 0 radical (unpaired) electrons. The van der Waals surface area contributed by atoms with E-state index in [0.717, 1.165) is 24.1 Å². The van der Waals surface area contributed by atoms with Gasteiger partial charge in [-0.2, -0.15) is 0 Å². The Morgan fingerprint density at radius 1 is 1.42 bits per heavy atom. The monoisotopic (exact) mass is 257 g/mol. The van der Waals surface area contributed by atoms with Crippen molar-refractivity contribution in [3.8, 4) is 0 Å². The first-order chi connectivity index (χ1) is 9.06. The van der Waals surface area contributed by atoms with Gasteiger partial charge in [0.2, 0.25) is 0 Å². The molecular formula is C16H19NO2. The van der Waals surface area contributed by atoms with Crippen molar-refractivity contribution in [1.29, 1.82) is 0 Å². The molecule has 0 bridgehead atoms. The summed E-state index contributed by atoms with van der Waals surface area (Å²) in [6.07, 6.45) is 2.26. The Balaban J connectivity index is 2.07. The minimum atomic E-state index is -0.674. The normalized spacial score (nSPS) is 18.8. The second-order valence-electron chi connectivity index (χ2n) is 5.82. The van der Waals surface area contributed by atoms with E-state index in [0.29, 0.717) is 12.3 Å². The lowest BCUT2D eigenvalue weighted by atomic mass is 9.86. The van der Waals surface area contributed by atoms with Crippen LogP contribution in [0, 0.1) is 5.92 Å². The van der Waals surface area contributed by atoms with Crippen molar-refractivity contribution in [3.63, 3.8) is 0 Å². The number of aromatic nitrogens is 1. The molecule has 0 amide bonds. The molecule has 1 aliphatic rings. The van der Waals surface area contributed by atoms with Gasteiger partial charge in [0.15, 0.2) is 0 Å². The van der Waals surface area contributed by atoms with Gasteiger partial charge >= 0.3 is 5.97 Å². The van der Waals surface area contributed by atoms with E-state index < -0.39 is 5.97 Å². The van der Waals surface area contributed by atoms with Crippen LogP contribution in [0.5, 0.6) is 0 Å². The first-order valence-electron chi connectivity index (χ1n) is 6.92. The molecular weight excluding hydrogens is 238 g/mol. The molecule has 0 spiro atoms. The third kappa shape index (κ3) is 2.03. The fourth-order valence-electron chi connectivity index (χ4n) is 3.02. The number of rotatable bonds is 2. The third-order valence-electron chi connectivity index (χ3n) is 4.23. The summed E-state index contributed by atoms with van der Waals surface area (Å²) >= 11 is 0. The molecule has 0 fully saturated rings. The van der Waals surface area contributed by atoms with E-state index in [9.17, 15) is 4.79 Å². The average molecular weight is 257 g/mol. The highest BCUT2D eigenvalue weighted by Crippen LogP contribution is 2.33. The molecule has 0 aliphatic heterocycles. The summed E-state index contributed by atoms with van der Waals surface area (Å²) in [5, 5.41) is 10.4. The van der Waals surface area contributed by atoms with E-state index >= 15 is 0 Å². The van der Waals surface area contributed by atoms with Gasteiger partial charge in [-0.3, -0.25) is 4.79 Å². The lowest BCUT2D eigenvalue weighted by Crippen LogP contribution is -2.21. The number of fused-ring (bicyclic) bond motifs is 3. The summed E-state index contributed by atoms with van der Waals surface area (Å²) in [5.41, 5.74) is 4.93. The summed E-state index contributed by atoms with van der Waals surface area (Å²) in [6.45, 7) is 4.39. The molecule has 100 valence electrons. The second-order valence-corrected chi connectivity index (χ2v) is 5.82. The number of nitrogens with one attached hydrogen (secondary N) is 1. The third-order valence-corrected chi connectivity index (χ3v) is 4.23. The van der Waals surface area contributed by atoms with Crippen molar-refractivity contribution in [1.82, 2.24) is 4.98 Å². The van der Waals surface area contributed by atoms with Gasteiger partial charge in [0.25, 0.3) is 0 Å². The maximum Gasteiger partial charge on any atom is 0.306 e. The molecule has 1 heterocycles. The van der Waals surface area contributed by atoms with E-state index in [4.69, 9.17) is 5.11 Å². The zero-order valence-corrected chi connectivity index (χ0v) is 11.4. The van der Waals surface area contributed by atoms with Crippen molar-refractivity contribution in [2.45, 2.75) is 39.0 Å². The van der Waals surface area contributed by atoms with Gasteiger partial charge in [-0.15, -0.1) is 0 Å². The molecule has 3 nitrogen and oxygen atoms in total. The SMILES string of the molecule is CC(C)c1ccc2[nH]c3c(c2c1)CCC(C(=O)O)C3. The number of carboxylic acids is 1. The van der Waals surface area contributed by atoms with E-state index in [-0.39, 0.29) is 5.92 Å². The van der Waals surface area contributed by atoms with Crippen LogP contribution in [0.15, 0.2) is 18.2 Å². The van der Waals surface area contributed by atoms with E-state index in [1.807, 2.05) is 0 Å². The van der Waals surface area contributed by atoms with Gasteiger partial charge < -0.3 is 10.1 Å². The Kier molecular flexibility index (Phi) is 2.85. The van der Waals surface area contributed by atoms with Crippen LogP contribution in [0.2, 0.25) is 0 Å². The van der Waals surface area contributed by atoms with Gasteiger partial charge in [0.05, 0.1) is 5.92 Å². The Labute approximate surface area is 112 Å². The van der Waals surface area contributed by atoms with E-state index in [2.05, 4.69) is 37.0 Å². The Morgan fingerprint density at radius 2 is 2.21 bits per heavy atom. The standard InChI is InChI=1S/C16H19NO2/c1-9(2)10-4-6-14-13(7-10)12-5-3-11(16(18)19)8-15(12)17-14/h4,6-7,9,11,17H,3,5,8H2,1-2H3,(H,18,19). The van der Waals surface area contributed by atoms with E-state index in [1.165, 1.54) is 16.5 Å². The largest absolute Gasteiger partial charge is 0.481 e. The van der Waals surface area contributed by atoms with Gasteiger partial charge in [0, 0.05) is 23.0 Å². The Hall–Kier alpha value is -1.77. The number of hydrogen-bond donors (Lipinski definition) is 2. The first-order valence-corrected chi connectivity index (χ1v) is 6.92. The van der Waals surface area contributed by atoms with Crippen LogP contribution in [0.4, 0.5) is 0 Å². The van der Waals surface area contributed by atoms with E-state index in [1.54, 1.807) is 0 Å². The summed E-state index contributed by atoms with van der Waals surface area (Å²) in [6, 6.07) is 6.54. The molecule has 0 saturated heterocycles. The minimum absolute atomic E-state index is 0.231. The lowest BCUT2D eigenvalue weighted by Gasteiger charge is -2.18. The summed E-state index contributed by atoms with van der Waals surface area (Å²) in [4.78, 5) is 14.5. The van der Waals surface area contributed by atoms with Crippen molar-refractivity contribution >= 4 is 16.9 Å². The smallest absolute Gasteiger partial charge is 0.306 e. The average Bonchev–Trinajstić information content (AvgIpc) is 2.74. The highest BCUT2D eigenvalue weighted by Gasteiger charge is 2.26. The predicted molar refractivity (Wildman–Crippen MR) is 75.5 cm³/mol. The highest BCUT2D eigenvalue weighted by molar-refractivity contribution is 5.86. The number of aromatic amines is 1. The van der Waals surface area contributed by atoms with Crippen LogP contribution >= 0.6 is 0 Å². The van der Waals surface area contributed by atoms with Crippen LogP contribution in [0.25, 0.3) is 10.9 Å². The topological polar surface area (TPSA) is 53.1 Å². The number of carboxylic acid groups (broad SMARTS) is 1. The first kappa shape index (κ1) is 12.3. The zero-order chi connectivity index (χ0) is 13.6. The molecule has 3 rings (SSSR count). The number of aryl methyl sites for hydroxylation is 1. The van der Waals surface area contributed by atoms with Crippen LogP contribution in [-0.2, 0) is 17.6 Å². The van der Waals surface area contributed by atoms with Crippen molar-refractivity contribution in [2.24, 2.45) is 5.92 Å². The molecule has 3 heteroatoms. The molecule has 1 atom stereocenters. The number of benzene rings is 1. The molecule has 19 heavy (non-hydrogen) atoms. The number of aliphatic carboxylic acids is 1. The Bertz CT molecular complexity index is 639. The fourth-order valence-corrected chi connectivity index (χ4v) is 3.02. The summed E-state index contributed by atoms with van der Waals surface area (Å²) in [7, 11) is 0. The van der Waals surface area contributed by atoms with Crippen LogP contribution < -0.4 is 0 Å². The molecule has 1 aliphatic carbocycles. The Morgan fingerprint density at radius 3 is 2.89 bits per heavy atom. The van der Waals surface area contributed by atoms with Crippen LogP contribution in [0.1, 0.15) is 43.0 Å². The molecule has 2 aromatic rings. The van der Waals surface area contributed by atoms with Gasteiger partial charge in [-0.25, -0.2) is 0 Å². The predicted octanol–water partition coefficient (Wildman–Crippen LogP) is 3.48. The van der Waals surface area contributed by atoms with Crippen molar-refractivity contribution < 1.29 is 9.90 Å². The highest BCUT2D eigenvalue weighted by atomic mass is 16.4. The lowest BCUT2D eigenvalue weighted by molar-refractivity contribution is -0.142. The quantitative estimate of drug-likeness (QED) is 0.865. The summed E-state index contributed by atoms with van der Waals surface area (Å²) < 4.78 is 0. The van der Waals surface area contributed by atoms with Gasteiger partial charge in [-0.1, -0.05) is 19.9 Å². The molecule has 2 N–H and O–H groups in total. The number of carbonyl (C=O) groups is 1. The van der Waals surface area contributed by atoms with Gasteiger partial charge in [-0.05, 0) is 42.0 Å². The van der Waals surface area contributed by atoms with Crippen LogP contribution in [-0.4, -0.2) is 16.1 Å². The number of hydrogen-bond acceptors (Lipinski definition) is 1. The maximum atomic E-state index is 11.1.